The van der Waals surface area contributed by atoms with Gasteiger partial charge in [-0.3, -0.25) is 4.79 Å². The van der Waals surface area contributed by atoms with Crippen molar-refractivity contribution < 1.29 is 19.4 Å². The molecular formula is C11H18N4O4. The number of likely N-dealkylation sites (N-methyl/N-ethyl adjacent to an activating group) is 1. The summed E-state index contributed by atoms with van der Waals surface area (Å²) in [6, 6.07) is 0. The average Bonchev–Trinajstić information content (AvgIpc) is 2.83. The molecule has 106 valence electrons. The first-order valence-corrected chi connectivity index (χ1v) is 6.07. The second-order valence-corrected chi connectivity index (χ2v) is 3.78. The molecular weight excluding hydrogens is 252 g/mol. The van der Waals surface area contributed by atoms with Gasteiger partial charge in [0.15, 0.2) is 5.69 Å². The lowest BCUT2D eigenvalue weighted by molar-refractivity contribution is -0.132. The van der Waals surface area contributed by atoms with E-state index >= 15 is 0 Å². The van der Waals surface area contributed by atoms with Crippen LogP contribution in [0.25, 0.3) is 0 Å². The predicted octanol–water partition coefficient (Wildman–Crippen LogP) is -0.139. The van der Waals surface area contributed by atoms with Crippen molar-refractivity contribution in [2.24, 2.45) is 0 Å². The molecule has 0 aliphatic carbocycles. The van der Waals surface area contributed by atoms with Gasteiger partial charge >= 0.3 is 5.97 Å². The first-order chi connectivity index (χ1) is 9.08. The van der Waals surface area contributed by atoms with Crippen molar-refractivity contribution in [3.63, 3.8) is 0 Å². The Labute approximate surface area is 111 Å². The van der Waals surface area contributed by atoms with E-state index in [0.717, 1.165) is 0 Å². The Morgan fingerprint density at radius 2 is 2.21 bits per heavy atom. The number of nitrogens with zero attached hydrogens (tertiary/aromatic N) is 4. The van der Waals surface area contributed by atoms with Crippen molar-refractivity contribution in [3.8, 4) is 0 Å². The Bertz CT molecular complexity index is 432. The largest absolute Gasteiger partial charge is 0.476 e. The van der Waals surface area contributed by atoms with Gasteiger partial charge in [-0.25, -0.2) is 9.48 Å². The zero-order valence-corrected chi connectivity index (χ0v) is 11.1. The van der Waals surface area contributed by atoms with E-state index in [0.29, 0.717) is 26.3 Å². The minimum absolute atomic E-state index is 0.0275. The van der Waals surface area contributed by atoms with Gasteiger partial charge in [-0.15, -0.1) is 5.10 Å². The maximum absolute atomic E-state index is 12.0. The number of ether oxygens (including phenoxy) is 1. The Balaban J connectivity index is 2.53. The molecule has 1 aromatic rings. The summed E-state index contributed by atoms with van der Waals surface area (Å²) in [7, 11) is 0. The van der Waals surface area contributed by atoms with E-state index in [9.17, 15) is 9.59 Å². The summed E-state index contributed by atoms with van der Waals surface area (Å²) in [6.45, 7) is 5.88. The van der Waals surface area contributed by atoms with Crippen LogP contribution in [0, 0.1) is 0 Å². The van der Waals surface area contributed by atoms with Crippen LogP contribution in [0.15, 0.2) is 6.20 Å². The molecule has 0 bridgehead atoms. The summed E-state index contributed by atoms with van der Waals surface area (Å²) in [5, 5.41) is 15.7. The fraction of sp³-hybridized carbons (Fsp3) is 0.636. The van der Waals surface area contributed by atoms with Crippen LogP contribution in [0.2, 0.25) is 0 Å². The van der Waals surface area contributed by atoms with Crippen molar-refractivity contribution in [2.45, 2.75) is 20.4 Å². The van der Waals surface area contributed by atoms with Crippen LogP contribution < -0.4 is 0 Å². The van der Waals surface area contributed by atoms with E-state index in [4.69, 9.17) is 9.84 Å². The molecule has 8 nitrogen and oxygen atoms in total. The van der Waals surface area contributed by atoms with Gasteiger partial charge in [-0.05, 0) is 13.8 Å². The standard InChI is InChI=1S/C11H18N4O4/c1-3-14(5-6-19-4-2)10(16)8-15-7-9(11(17)18)12-13-15/h7H,3-6,8H2,1-2H3,(H,17,18). The molecule has 1 rings (SSSR count). The van der Waals surface area contributed by atoms with Crippen molar-refractivity contribution >= 4 is 11.9 Å². The Morgan fingerprint density at radius 3 is 2.74 bits per heavy atom. The molecule has 0 aliphatic heterocycles. The number of rotatable bonds is 8. The first kappa shape index (κ1) is 15.1. The third kappa shape index (κ3) is 4.66. The van der Waals surface area contributed by atoms with Gasteiger partial charge in [-0.1, -0.05) is 5.21 Å². The van der Waals surface area contributed by atoms with Gasteiger partial charge in [0, 0.05) is 19.7 Å². The van der Waals surface area contributed by atoms with E-state index in [-0.39, 0.29) is 18.1 Å². The predicted molar refractivity (Wildman–Crippen MR) is 65.7 cm³/mol. The maximum Gasteiger partial charge on any atom is 0.358 e. The summed E-state index contributed by atoms with van der Waals surface area (Å²) in [6.07, 6.45) is 1.23. The molecule has 0 aromatic carbocycles. The number of hydrogen-bond donors (Lipinski definition) is 1. The molecule has 0 atom stereocenters. The fourth-order valence-electron chi connectivity index (χ4n) is 1.49. The Kier molecular flexibility index (Phi) is 5.94. The van der Waals surface area contributed by atoms with Crippen LogP contribution in [-0.2, 0) is 16.1 Å². The normalized spacial score (nSPS) is 10.4. The van der Waals surface area contributed by atoms with Crippen molar-refractivity contribution in [1.29, 1.82) is 0 Å². The molecule has 8 heteroatoms. The minimum atomic E-state index is -1.16. The molecule has 0 radical (unpaired) electrons. The van der Waals surface area contributed by atoms with E-state index in [1.54, 1.807) is 4.90 Å². The molecule has 1 amide bonds. The summed E-state index contributed by atoms with van der Waals surface area (Å²) < 4.78 is 6.41. The molecule has 1 aromatic heterocycles. The number of carbonyl (C=O) groups excluding carboxylic acids is 1. The smallest absolute Gasteiger partial charge is 0.358 e. The van der Waals surface area contributed by atoms with Crippen molar-refractivity contribution in [1.82, 2.24) is 19.9 Å². The monoisotopic (exact) mass is 270 g/mol. The van der Waals surface area contributed by atoms with Crippen molar-refractivity contribution in [2.75, 3.05) is 26.3 Å². The van der Waals surface area contributed by atoms with E-state index < -0.39 is 5.97 Å². The van der Waals surface area contributed by atoms with Gasteiger partial charge in [0.2, 0.25) is 5.91 Å². The highest BCUT2D eigenvalue weighted by molar-refractivity contribution is 5.84. The SMILES string of the molecule is CCOCCN(CC)C(=O)Cn1cc(C(=O)O)nn1. The lowest BCUT2D eigenvalue weighted by Gasteiger charge is -2.20. The van der Waals surface area contributed by atoms with Crippen LogP contribution in [0.5, 0.6) is 0 Å². The molecule has 0 saturated heterocycles. The number of carboxylic acids is 1. The third-order valence-electron chi connectivity index (χ3n) is 2.50. The highest BCUT2D eigenvalue weighted by atomic mass is 16.5. The minimum Gasteiger partial charge on any atom is -0.476 e. The number of amides is 1. The summed E-state index contributed by atoms with van der Waals surface area (Å²) in [4.78, 5) is 24.2. The highest BCUT2D eigenvalue weighted by Crippen LogP contribution is 1.97. The zero-order valence-electron chi connectivity index (χ0n) is 11.1. The van der Waals surface area contributed by atoms with Crippen LogP contribution >= 0.6 is 0 Å². The van der Waals surface area contributed by atoms with E-state index in [1.807, 2.05) is 13.8 Å². The third-order valence-corrected chi connectivity index (χ3v) is 2.50. The Morgan fingerprint density at radius 1 is 1.47 bits per heavy atom. The van der Waals surface area contributed by atoms with Crippen LogP contribution in [-0.4, -0.2) is 63.2 Å². The van der Waals surface area contributed by atoms with Gasteiger partial charge < -0.3 is 14.7 Å². The summed E-state index contributed by atoms with van der Waals surface area (Å²) in [5.74, 6) is -1.31. The van der Waals surface area contributed by atoms with Crippen LogP contribution in [0.3, 0.4) is 0 Å². The lowest BCUT2D eigenvalue weighted by Crippen LogP contribution is -2.36. The fourth-order valence-corrected chi connectivity index (χ4v) is 1.49. The highest BCUT2D eigenvalue weighted by Gasteiger charge is 2.14. The maximum atomic E-state index is 12.0. The first-order valence-electron chi connectivity index (χ1n) is 6.07. The quantitative estimate of drug-likeness (QED) is 0.660. The molecule has 0 spiro atoms. The van der Waals surface area contributed by atoms with Gasteiger partial charge in [0.05, 0.1) is 12.8 Å². The molecule has 0 saturated carbocycles. The topological polar surface area (TPSA) is 97.5 Å². The van der Waals surface area contributed by atoms with E-state index in [1.165, 1.54) is 10.9 Å². The average molecular weight is 270 g/mol. The molecule has 0 aliphatic rings. The molecule has 19 heavy (non-hydrogen) atoms. The number of carboxylic acid groups (broad SMARTS) is 1. The van der Waals surface area contributed by atoms with Crippen LogP contribution in [0.1, 0.15) is 24.3 Å². The molecule has 0 unspecified atom stereocenters. The number of hydrogen-bond acceptors (Lipinski definition) is 5. The Hall–Kier alpha value is -1.96. The van der Waals surface area contributed by atoms with Gasteiger partial charge in [0.25, 0.3) is 0 Å². The lowest BCUT2D eigenvalue weighted by atomic mass is 10.4. The molecule has 0 fully saturated rings. The second-order valence-electron chi connectivity index (χ2n) is 3.78. The van der Waals surface area contributed by atoms with Crippen molar-refractivity contribution in [3.05, 3.63) is 11.9 Å². The number of aromatic nitrogens is 3. The molecule has 1 N–H and O–H groups in total. The van der Waals surface area contributed by atoms with Crippen LogP contribution in [0.4, 0.5) is 0 Å². The number of carbonyl (C=O) groups is 2. The van der Waals surface area contributed by atoms with E-state index in [2.05, 4.69) is 10.3 Å². The number of aromatic carboxylic acids is 1. The van der Waals surface area contributed by atoms with Gasteiger partial charge in [-0.2, -0.15) is 0 Å². The molecule has 1 heterocycles. The second kappa shape index (κ2) is 7.47. The zero-order chi connectivity index (χ0) is 14.3. The summed E-state index contributed by atoms with van der Waals surface area (Å²) >= 11 is 0. The van der Waals surface area contributed by atoms with Gasteiger partial charge in [0.1, 0.15) is 6.54 Å². The summed E-state index contributed by atoms with van der Waals surface area (Å²) in [5.41, 5.74) is -0.176.